The fourth-order valence-electron chi connectivity index (χ4n) is 2.01. The van der Waals surface area contributed by atoms with Crippen LogP contribution in [0.1, 0.15) is 12.1 Å². The maximum Gasteiger partial charge on any atom is 0.123 e. The molecule has 0 aliphatic carbocycles. The SMILES string of the molecule is Cn1cnc2cc(-c3nc(CCC#N)cs3)ccc21. The number of thiazole rings is 1. The first-order valence-electron chi connectivity index (χ1n) is 6.01. The number of rotatable bonds is 3. The number of nitrogens with zero attached hydrogens (tertiary/aromatic N) is 4. The quantitative estimate of drug-likeness (QED) is 0.733. The summed E-state index contributed by atoms with van der Waals surface area (Å²) in [6, 6.07) is 8.33. The number of nitriles is 1. The third-order valence-corrected chi connectivity index (χ3v) is 3.96. The number of imidazole rings is 1. The van der Waals surface area contributed by atoms with Crippen LogP contribution in [-0.4, -0.2) is 14.5 Å². The average molecular weight is 268 g/mol. The molecule has 0 saturated heterocycles. The minimum absolute atomic E-state index is 0.516. The first kappa shape index (κ1) is 11.9. The van der Waals surface area contributed by atoms with Gasteiger partial charge in [-0.25, -0.2) is 9.97 Å². The highest BCUT2D eigenvalue weighted by Gasteiger charge is 2.07. The van der Waals surface area contributed by atoms with Gasteiger partial charge in [-0.1, -0.05) is 0 Å². The fourth-order valence-corrected chi connectivity index (χ4v) is 2.86. The Morgan fingerprint density at radius 3 is 3.16 bits per heavy atom. The molecule has 5 heteroatoms. The Balaban J connectivity index is 1.95. The first-order valence-corrected chi connectivity index (χ1v) is 6.88. The van der Waals surface area contributed by atoms with Gasteiger partial charge in [0.2, 0.25) is 0 Å². The van der Waals surface area contributed by atoms with Crippen LogP contribution < -0.4 is 0 Å². The van der Waals surface area contributed by atoms with Gasteiger partial charge in [-0.15, -0.1) is 11.3 Å². The van der Waals surface area contributed by atoms with Gasteiger partial charge in [0, 0.05) is 30.8 Å². The van der Waals surface area contributed by atoms with Crippen molar-refractivity contribution in [3.05, 3.63) is 35.6 Å². The second-order valence-electron chi connectivity index (χ2n) is 4.36. The first-order chi connectivity index (χ1) is 9.28. The fraction of sp³-hybridized carbons (Fsp3) is 0.214. The normalized spacial score (nSPS) is 10.7. The van der Waals surface area contributed by atoms with Crippen molar-refractivity contribution < 1.29 is 0 Å². The van der Waals surface area contributed by atoms with Gasteiger partial charge in [-0.05, 0) is 18.2 Å². The molecule has 0 aliphatic rings. The number of hydrogen-bond donors (Lipinski definition) is 0. The van der Waals surface area contributed by atoms with Gasteiger partial charge in [0.05, 0.1) is 29.1 Å². The summed E-state index contributed by atoms with van der Waals surface area (Å²) in [4.78, 5) is 8.92. The van der Waals surface area contributed by atoms with Crippen LogP contribution in [0.4, 0.5) is 0 Å². The standard InChI is InChI=1S/C14H12N4S/c1-18-9-16-12-7-10(4-5-13(12)18)14-17-11(8-19-14)3-2-6-15/h4-5,7-9H,2-3H2,1H3. The van der Waals surface area contributed by atoms with Gasteiger partial charge in [0.1, 0.15) is 5.01 Å². The maximum atomic E-state index is 8.59. The Kier molecular flexibility index (Phi) is 3.02. The second kappa shape index (κ2) is 4.82. The summed E-state index contributed by atoms with van der Waals surface area (Å²) in [5.41, 5.74) is 4.17. The number of fused-ring (bicyclic) bond motifs is 1. The summed E-state index contributed by atoms with van der Waals surface area (Å²) >= 11 is 1.61. The molecule has 0 bridgehead atoms. The highest BCUT2D eigenvalue weighted by molar-refractivity contribution is 7.13. The van der Waals surface area contributed by atoms with Crippen molar-refractivity contribution in [1.82, 2.24) is 14.5 Å². The Bertz CT molecular complexity index is 763. The van der Waals surface area contributed by atoms with Crippen LogP contribution in [0, 0.1) is 11.3 Å². The monoisotopic (exact) mass is 268 g/mol. The summed E-state index contributed by atoms with van der Waals surface area (Å²) in [5.74, 6) is 0. The van der Waals surface area contributed by atoms with Crippen LogP contribution in [0.15, 0.2) is 29.9 Å². The minimum atomic E-state index is 0.516. The van der Waals surface area contributed by atoms with E-state index in [2.05, 4.69) is 34.2 Å². The van der Waals surface area contributed by atoms with Crippen molar-refractivity contribution >= 4 is 22.4 Å². The van der Waals surface area contributed by atoms with E-state index in [1.165, 1.54) is 0 Å². The van der Waals surface area contributed by atoms with E-state index < -0.39 is 0 Å². The molecular weight excluding hydrogens is 256 g/mol. The van der Waals surface area contributed by atoms with E-state index in [-0.39, 0.29) is 0 Å². The lowest BCUT2D eigenvalue weighted by Crippen LogP contribution is -1.85. The molecule has 19 heavy (non-hydrogen) atoms. The van der Waals surface area contributed by atoms with E-state index in [1.807, 2.05) is 23.3 Å². The van der Waals surface area contributed by atoms with E-state index >= 15 is 0 Å². The van der Waals surface area contributed by atoms with E-state index in [1.54, 1.807) is 11.3 Å². The van der Waals surface area contributed by atoms with Crippen molar-refractivity contribution in [3.8, 4) is 16.6 Å². The lowest BCUT2D eigenvalue weighted by molar-refractivity contribution is 0.947. The molecule has 0 atom stereocenters. The van der Waals surface area contributed by atoms with Crippen LogP contribution in [0.25, 0.3) is 21.6 Å². The molecule has 2 aromatic heterocycles. The molecule has 3 aromatic rings. The van der Waals surface area contributed by atoms with Crippen molar-refractivity contribution in [2.45, 2.75) is 12.8 Å². The molecule has 0 aliphatic heterocycles. The Morgan fingerprint density at radius 2 is 2.32 bits per heavy atom. The van der Waals surface area contributed by atoms with Crippen LogP contribution in [-0.2, 0) is 13.5 Å². The number of benzene rings is 1. The predicted molar refractivity (Wildman–Crippen MR) is 75.8 cm³/mol. The zero-order valence-electron chi connectivity index (χ0n) is 10.5. The van der Waals surface area contributed by atoms with Crippen LogP contribution in [0.3, 0.4) is 0 Å². The highest BCUT2D eigenvalue weighted by Crippen LogP contribution is 2.26. The van der Waals surface area contributed by atoms with E-state index in [0.29, 0.717) is 6.42 Å². The molecule has 94 valence electrons. The molecule has 0 N–H and O–H groups in total. The molecule has 0 unspecified atom stereocenters. The molecule has 2 heterocycles. The third kappa shape index (κ3) is 2.23. The van der Waals surface area contributed by atoms with Gasteiger partial charge in [-0.3, -0.25) is 0 Å². The second-order valence-corrected chi connectivity index (χ2v) is 5.22. The molecular formula is C14H12N4S. The molecule has 0 saturated carbocycles. The minimum Gasteiger partial charge on any atom is -0.334 e. The van der Waals surface area contributed by atoms with Gasteiger partial charge in [-0.2, -0.15) is 5.26 Å². The van der Waals surface area contributed by atoms with E-state index in [9.17, 15) is 0 Å². The lowest BCUT2D eigenvalue weighted by atomic mass is 10.2. The maximum absolute atomic E-state index is 8.59. The molecule has 0 radical (unpaired) electrons. The molecule has 1 aromatic carbocycles. The lowest BCUT2D eigenvalue weighted by Gasteiger charge is -1.98. The van der Waals surface area contributed by atoms with Gasteiger partial charge in [0.25, 0.3) is 0 Å². The smallest absolute Gasteiger partial charge is 0.123 e. The van der Waals surface area contributed by atoms with E-state index in [0.717, 1.165) is 33.7 Å². The Labute approximate surface area is 115 Å². The highest BCUT2D eigenvalue weighted by atomic mass is 32.1. The zero-order valence-corrected chi connectivity index (χ0v) is 11.3. The number of aryl methyl sites for hydroxylation is 2. The summed E-state index contributed by atoms with van der Waals surface area (Å²) in [6.45, 7) is 0. The van der Waals surface area contributed by atoms with Crippen LogP contribution >= 0.6 is 11.3 Å². The molecule has 0 fully saturated rings. The number of aromatic nitrogens is 3. The molecule has 4 nitrogen and oxygen atoms in total. The molecule has 3 rings (SSSR count). The van der Waals surface area contributed by atoms with Crippen LogP contribution in [0.5, 0.6) is 0 Å². The number of hydrogen-bond acceptors (Lipinski definition) is 4. The Morgan fingerprint density at radius 1 is 1.42 bits per heavy atom. The zero-order chi connectivity index (χ0) is 13.2. The topological polar surface area (TPSA) is 54.5 Å². The van der Waals surface area contributed by atoms with Crippen molar-refractivity contribution in [1.29, 1.82) is 5.26 Å². The molecule has 0 spiro atoms. The van der Waals surface area contributed by atoms with Crippen molar-refractivity contribution in [2.75, 3.05) is 0 Å². The summed E-state index contributed by atoms with van der Waals surface area (Å²) in [7, 11) is 1.98. The van der Waals surface area contributed by atoms with Gasteiger partial charge < -0.3 is 4.57 Å². The van der Waals surface area contributed by atoms with Gasteiger partial charge in [0.15, 0.2) is 0 Å². The largest absolute Gasteiger partial charge is 0.334 e. The van der Waals surface area contributed by atoms with Crippen molar-refractivity contribution in [2.24, 2.45) is 7.05 Å². The summed E-state index contributed by atoms with van der Waals surface area (Å²) in [6.07, 6.45) is 3.05. The summed E-state index contributed by atoms with van der Waals surface area (Å²) in [5, 5.41) is 11.6. The molecule has 0 amide bonds. The van der Waals surface area contributed by atoms with Crippen LogP contribution in [0.2, 0.25) is 0 Å². The summed E-state index contributed by atoms with van der Waals surface area (Å²) < 4.78 is 2.00. The average Bonchev–Trinajstić information content (AvgIpc) is 3.04. The van der Waals surface area contributed by atoms with Crippen molar-refractivity contribution in [3.63, 3.8) is 0 Å². The van der Waals surface area contributed by atoms with E-state index in [4.69, 9.17) is 5.26 Å². The predicted octanol–water partition coefficient (Wildman–Crippen LogP) is 3.15. The third-order valence-electron chi connectivity index (χ3n) is 3.02. The van der Waals surface area contributed by atoms with Gasteiger partial charge >= 0.3 is 0 Å². The Hall–Kier alpha value is -2.19.